The number of hydrogen-bond acceptors (Lipinski definition) is 2. The molecule has 0 aliphatic carbocycles. The van der Waals surface area contributed by atoms with E-state index < -0.39 is 0 Å². The standard InChI is InChI=1S/C3H8O2.Al.Na.4H/c1-5-3-2-4;;;;;;/h4H,2-3H2,1H3;;;;;;/q;;+1;;;;-1. The molecule has 2 nitrogen and oxygen atoms in total. The molecular formula is C3H12AlNaO2. The van der Waals surface area contributed by atoms with Crippen LogP contribution in [0.1, 0.15) is 1.43 Å². The Kier molecular flexibility index (Phi) is 35.3. The Bertz CT molecular complexity index is 24.8. The van der Waals surface area contributed by atoms with E-state index in [1.807, 2.05) is 0 Å². The first-order chi connectivity index (χ1) is 2.41. The summed E-state index contributed by atoms with van der Waals surface area (Å²) in [6.45, 7) is 0.566. The van der Waals surface area contributed by atoms with Crippen LogP contribution in [0.5, 0.6) is 0 Å². The number of rotatable bonds is 2. The molecule has 0 saturated heterocycles. The summed E-state index contributed by atoms with van der Waals surface area (Å²) >= 11 is 0. The predicted molar refractivity (Wildman–Crippen MR) is 30.0 cm³/mol. The Morgan fingerprint density at radius 1 is 1.71 bits per heavy atom. The van der Waals surface area contributed by atoms with Crippen LogP contribution in [0.25, 0.3) is 0 Å². The van der Waals surface area contributed by atoms with Gasteiger partial charge in [-0.15, -0.1) is 0 Å². The fourth-order valence-corrected chi connectivity index (χ4v) is 0.0913. The minimum Gasteiger partial charge on any atom is -1.00 e. The second-order valence-corrected chi connectivity index (χ2v) is 0.716. The van der Waals surface area contributed by atoms with E-state index in [4.69, 9.17) is 5.11 Å². The Hall–Kier alpha value is 1.45. The minimum atomic E-state index is 0. The largest absolute Gasteiger partial charge is 1.00 e. The smallest absolute Gasteiger partial charge is 1.00 e. The molecule has 0 aromatic heterocycles. The van der Waals surface area contributed by atoms with E-state index in [-0.39, 0.29) is 55.0 Å². The first-order valence-electron chi connectivity index (χ1n) is 1.51. The zero-order valence-electron chi connectivity index (χ0n) is 5.27. The molecule has 0 amide bonds. The SMILES string of the molecule is COCCO.[AlH3].[H-].[Na+]. The Morgan fingerprint density at radius 3 is 2.14 bits per heavy atom. The van der Waals surface area contributed by atoms with Gasteiger partial charge in [0.05, 0.1) is 13.2 Å². The molecule has 0 aromatic carbocycles. The molecule has 1 N–H and O–H groups in total. The van der Waals surface area contributed by atoms with Crippen LogP contribution in [0.3, 0.4) is 0 Å². The van der Waals surface area contributed by atoms with Crippen molar-refractivity contribution in [2.45, 2.75) is 0 Å². The van der Waals surface area contributed by atoms with Crippen molar-refractivity contribution in [2.75, 3.05) is 20.3 Å². The maximum atomic E-state index is 7.94. The van der Waals surface area contributed by atoms with Gasteiger partial charge in [-0.05, 0) is 0 Å². The third-order valence-electron chi connectivity index (χ3n) is 0.295. The number of aliphatic hydroxyl groups is 1. The van der Waals surface area contributed by atoms with Crippen molar-refractivity contribution in [2.24, 2.45) is 0 Å². The van der Waals surface area contributed by atoms with Crippen LogP contribution in [0.2, 0.25) is 0 Å². The van der Waals surface area contributed by atoms with E-state index in [1.165, 1.54) is 0 Å². The first kappa shape index (κ1) is 15.8. The first-order valence-corrected chi connectivity index (χ1v) is 1.51. The number of aliphatic hydroxyl groups excluding tert-OH is 1. The zero-order chi connectivity index (χ0) is 4.12. The maximum Gasteiger partial charge on any atom is 1.00 e. The molecule has 0 spiro atoms. The van der Waals surface area contributed by atoms with Gasteiger partial charge < -0.3 is 11.3 Å². The van der Waals surface area contributed by atoms with Crippen molar-refractivity contribution in [3.63, 3.8) is 0 Å². The normalized spacial score (nSPS) is 6.00. The number of ether oxygens (including phenoxy) is 1. The molecule has 0 fully saturated rings. The van der Waals surface area contributed by atoms with Gasteiger partial charge in [0.1, 0.15) is 0 Å². The summed E-state index contributed by atoms with van der Waals surface area (Å²) in [5, 5.41) is 7.94. The quantitative estimate of drug-likeness (QED) is 0.382. The van der Waals surface area contributed by atoms with Crippen LogP contribution in [0, 0.1) is 0 Å². The second-order valence-electron chi connectivity index (χ2n) is 0.716. The van der Waals surface area contributed by atoms with Crippen LogP contribution >= 0.6 is 0 Å². The van der Waals surface area contributed by atoms with Crippen LogP contribution < -0.4 is 29.6 Å². The summed E-state index contributed by atoms with van der Waals surface area (Å²) in [4.78, 5) is 0. The molecule has 0 radical (unpaired) electrons. The summed E-state index contributed by atoms with van der Waals surface area (Å²) < 4.78 is 4.44. The van der Waals surface area contributed by atoms with Gasteiger partial charge in [0.2, 0.25) is 0 Å². The molecule has 0 heterocycles. The van der Waals surface area contributed by atoms with Crippen molar-refractivity contribution >= 4 is 17.4 Å². The molecule has 0 rings (SSSR count). The molecule has 4 heteroatoms. The van der Waals surface area contributed by atoms with Gasteiger partial charge in [-0.3, -0.25) is 0 Å². The molecule has 0 unspecified atom stereocenters. The summed E-state index contributed by atoms with van der Waals surface area (Å²) in [7, 11) is 1.55. The fraction of sp³-hybridized carbons (Fsp3) is 1.00. The van der Waals surface area contributed by atoms with E-state index in [1.54, 1.807) is 7.11 Å². The van der Waals surface area contributed by atoms with Crippen LogP contribution in [-0.4, -0.2) is 42.8 Å². The maximum absolute atomic E-state index is 7.94. The summed E-state index contributed by atoms with van der Waals surface area (Å²) in [6.07, 6.45) is 0. The molecule has 0 aromatic rings. The van der Waals surface area contributed by atoms with Crippen LogP contribution in [-0.2, 0) is 4.74 Å². The molecule has 0 bridgehead atoms. The van der Waals surface area contributed by atoms with Gasteiger partial charge in [-0.1, -0.05) is 0 Å². The molecule has 0 aliphatic rings. The van der Waals surface area contributed by atoms with E-state index in [0.29, 0.717) is 6.61 Å². The third-order valence-corrected chi connectivity index (χ3v) is 0.295. The average Bonchev–Trinajstić information content (AvgIpc) is 1.41. The van der Waals surface area contributed by atoms with Gasteiger partial charge in [0, 0.05) is 7.11 Å². The van der Waals surface area contributed by atoms with Crippen molar-refractivity contribution in [3.8, 4) is 0 Å². The van der Waals surface area contributed by atoms with Crippen LogP contribution in [0.4, 0.5) is 0 Å². The van der Waals surface area contributed by atoms with Crippen molar-refractivity contribution < 1.29 is 40.8 Å². The molecule has 0 aliphatic heterocycles. The molecule has 7 heavy (non-hydrogen) atoms. The topological polar surface area (TPSA) is 29.5 Å². The Balaban J connectivity index is -0.0000000267. The van der Waals surface area contributed by atoms with Crippen molar-refractivity contribution in [3.05, 3.63) is 0 Å². The third kappa shape index (κ3) is 18.6. The Morgan fingerprint density at radius 2 is 2.14 bits per heavy atom. The molecule has 40 valence electrons. The Labute approximate surface area is 78.1 Å². The number of methoxy groups -OCH3 is 1. The van der Waals surface area contributed by atoms with Gasteiger partial charge in [0.25, 0.3) is 0 Å². The summed E-state index contributed by atoms with van der Waals surface area (Å²) in [6, 6.07) is 0. The van der Waals surface area contributed by atoms with Crippen molar-refractivity contribution in [1.29, 1.82) is 0 Å². The van der Waals surface area contributed by atoms with E-state index in [2.05, 4.69) is 4.74 Å². The van der Waals surface area contributed by atoms with Crippen molar-refractivity contribution in [1.82, 2.24) is 0 Å². The van der Waals surface area contributed by atoms with Gasteiger partial charge in [-0.25, -0.2) is 0 Å². The number of hydrogen-bond donors (Lipinski definition) is 1. The van der Waals surface area contributed by atoms with Gasteiger partial charge >= 0.3 is 29.6 Å². The van der Waals surface area contributed by atoms with E-state index in [0.717, 1.165) is 0 Å². The zero-order valence-corrected chi connectivity index (χ0v) is 6.27. The summed E-state index contributed by atoms with van der Waals surface area (Å²) in [5.41, 5.74) is 0. The van der Waals surface area contributed by atoms with Crippen LogP contribution in [0.15, 0.2) is 0 Å². The molecule has 0 saturated carbocycles. The predicted octanol–water partition coefficient (Wildman–Crippen LogP) is -4.44. The molecular weight excluding hydrogens is 118 g/mol. The summed E-state index contributed by atoms with van der Waals surface area (Å²) in [5.74, 6) is 0. The second kappa shape index (κ2) is 15.7. The minimum absolute atomic E-state index is 0. The average molecular weight is 130 g/mol. The van der Waals surface area contributed by atoms with E-state index >= 15 is 0 Å². The van der Waals surface area contributed by atoms with Gasteiger partial charge in [0.15, 0.2) is 17.4 Å². The molecule has 0 atom stereocenters. The fourth-order valence-electron chi connectivity index (χ4n) is 0.0913. The van der Waals surface area contributed by atoms with Gasteiger partial charge in [-0.2, -0.15) is 0 Å². The van der Waals surface area contributed by atoms with E-state index in [9.17, 15) is 0 Å². The monoisotopic (exact) mass is 130 g/mol.